The van der Waals surface area contributed by atoms with Gasteiger partial charge in [0.1, 0.15) is 0 Å². The summed E-state index contributed by atoms with van der Waals surface area (Å²) in [7, 11) is 0. The first-order chi connectivity index (χ1) is 9.92. The van der Waals surface area contributed by atoms with E-state index in [1.165, 1.54) is 0 Å². The van der Waals surface area contributed by atoms with Crippen molar-refractivity contribution < 1.29 is 23.8 Å². The summed E-state index contributed by atoms with van der Waals surface area (Å²) in [5.41, 5.74) is 5.79. The highest BCUT2D eigenvalue weighted by molar-refractivity contribution is 5.75. The van der Waals surface area contributed by atoms with Crippen LogP contribution in [0.15, 0.2) is 18.2 Å². The van der Waals surface area contributed by atoms with Crippen molar-refractivity contribution in [2.45, 2.75) is 33.3 Å². The van der Waals surface area contributed by atoms with Gasteiger partial charge in [0.2, 0.25) is 0 Å². The molecule has 6 heteroatoms. The molecule has 0 atom stereocenters. The molecule has 0 saturated carbocycles. The van der Waals surface area contributed by atoms with Gasteiger partial charge in [0.05, 0.1) is 19.1 Å². The number of ether oxygens (including phenoxy) is 3. The van der Waals surface area contributed by atoms with Crippen LogP contribution in [0.1, 0.15) is 26.3 Å². The van der Waals surface area contributed by atoms with E-state index in [9.17, 15) is 9.59 Å². The van der Waals surface area contributed by atoms with Gasteiger partial charge in [-0.05, 0) is 38.5 Å². The third-order valence-corrected chi connectivity index (χ3v) is 2.39. The molecule has 2 N–H and O–H groups in total. The van der Waals surface area contributed by atoms with Gasteiger partial charge in [0.15, 0.2) is 18.1 Å². The smallest absolute Gasteiger partial charge is 0.310 e. The van der Waals surface area contributed by atoms with Crippen molar-refractivity contribution in [3.05, 3.63) is 23.8 Å². The van der Waals surface area contributed by atoms with E-state index < -0.39 is 5.91 Å². The number of rotatable bonds is 8. The van der Waals surface area contributed by atoms with E-state index in [-0.39, 0.29) is 25.1 Å². The van der Waals surface area contributed by atoms with Crippen LogP contribution >= 0.6 is 0 Å². The molecule has 0 saturated heterocycles. The number of hydrogen-bond donors (Lipinski definition) is 1. The number of benzene rings is 1. The number of nitrogens with two attached hydrogens (primary N) is 1. The van der Waals surface area contributed by atoms with Gasteiger partial charge in [-0.15, -0.1) is 0 Å². The second-order valence-corrected chi connectivity index (χ2v) is 4.68. The Morgan fingerprint density at radius 2 is 1.90 bits per heavy atom. The monoisotopic (exact) mass is 295 g/mol. The maximum absolute atomic E-state index is 11.6. The molecule has 0 aliphatic rings. The molecule has 0 fully saturated rings. The van der Waals surface area contributed by atoms with E-state index in [1.807, 2.05) is 6.92 Å². The molecule has 1 aromatic rings. The van der Waals surface area contributed by atoms with E-state index in [0.29, 0.717) is 18.1 Å². The van der Waals surface area contributed by atoms with Crippen molar-refractivity contribution in [2.75, 3.05) is 13.2 Å². The fraction of sp³-hybridized carbons (Fsp3) is 0.467. The van der Waals surface area contributed by atoms with Crippen LogP contribution in [0.2, 0.25) is 0 Å². The van der Waals surface area contributed by atoms with Crippen LogP contribution in [0.3, 0.4) is 0 Å². The summed E-state index contributed by atoms with van der Waals surface area (Å²) < 4.78 is 15.8. The molecule has 1 amide bonds. The Bertz CT molecular complexity index is 499. The molecule has 0 heterocycles. The third-order valence-electron chi connectivity index (χ3n) is 2.39. The van der Waals surface area contributed by atoms with Crippen molar-refractivity contribution in [3.8, 4) is 11.5 Å². The van der Waals surface area contributed by atoms with Gasteiger partial charge in [-0.25, -0.2) is 0 Å². The topological polar surface area (TPSA) is 87.8 Å². The summed E-state index contributed by atoms with van der Waals surface area (Å²) in [5.74, 6) is 0.00510. The van der Waals surface area contributed by atoms with Crippen LogP contribution in [0.5, 0.6) is 11.5 Å². The van der Waals surface area contributed by atoms with Crippen LogP contribution in [0.4, 0.5) is 0 Å². The van der Waals surface area contributed by atoms with Gasteiger partial charge in [-0.3, -0.25) is 9.59 Å². The van der Waals surface area contributed by atoms with Crippen molar-refractivity contribution in [1.82, 2.24) is 0 Å². The SMILES string of the molecule is CCOc1cc(CC(=O)OC(C)C)ccc1OCC(N)=O. The van der Waals surface area contributed by atoms with Crippen LogP contribution < -0.4 is 15.2 Å². The minimum absolute atomic E-state index is 0.147. The number of esters is 1. The van der Waals surface area contributed by atoms with Crippen LogP contribution in [-0.2, 0) is 20.7 Å². The number of carbonyl (C=O) groups excluding carboxylic acids is 2. The summed E-state index contributed by atoms with van der Waals surface area (Å²) in [4.78, 5) is 22.4. The second-order valence-electron chi connectivity index (χ2n) is 4.68. The molecule has 1 rings (SSSR count). The molecule has 116 valence electrons. The van der Waals surface area contributed by atoms with E-state index in [0.717, 1.165) is 5.56 Å². The zero-order valence-electron chi connectivity index (χ0n) is 12.5. The molecule has 21 heavy (non-hydrogen) atoms. The van der Waals surface area contributed by atoms with Crippen molar-refractivity contribution in [1.29, 1.82) is 0 Å². The minimum Gasteiger partial charge on any atom is -0.490 e. The second kappa shape index (κ2) is 8.14. The summed E-state index contributed by atoms with van der Waals surface area (Å²) in [6, 6.07) is 5.06. The predicted octanol–water partition coefficient (Wildman–Crippen LogP) is 1.44. The third kappa shape index (κ3) is 6.16. The molecule has 0 bridgehead atoms. The lowest BCUT2D eigenvalue weighted by Gasteiger charge is -2.13. The lowest BCUT2D eigenvalue weighted by molar-refractivity contribution is -0.146. The molecule has 0 radical (unpaired) electrons. The van der Waals surface area contributed by atoms with E-state index >= 15 is 0 Å². The Morgan fingerprint density at radius 3 is 2.48 bits per heavy atom. The molecular formula is C15H21NO5. The maximum atomic E-state index is 11.6. The van der Waals surface area contributed by atoms with Crippen LogP contribution in [-0.4, -0.2) is 31.2 Å². The maximum Gasteiger partial charge on any atom is 0.310 e. The van der Waals surface area contributed by atoms with Crippen molar-refractivity contribution in [2.24, 2.45) is 5.73 Å². The highest BCUT2D eigenvalue weighted by atomic mass is 16.5. The normalized spacial score (nSPS) is 10.3. The highest BCUT2D eigenvalue weighted by Gasteiger charge is 2.12. The Labute approximate surface area is 124 Å². The summed E-state index contributed by atoms with van der Waals surface area (Å²) in [6.07, 6.45) is -0.00372. The minimum atomic E-state index is -0.568. The summed E-state index contributed by atoms with van der Waals surface area (Å²) >= 11 is 0. The van der Waals surface area contributed by atoms with Crippen molar-refractivity contribution >= 4 is 11.9 Å². The highest BCUT2D eigenvalue weighted by Crippen LogP contribution is 2.28. The average Bonchev–Trinajstić information content (AvgIpc) is 2.37. The summed E-state index contributed by atoms with van der Waals surface area (Å²) in [6.45, 7) is 5.63. The molecule has 0 aromatic heterocycles. The lowest BCUT2D eigenvalue weighted by atomic mass is 10.1. The number of primary amides is 1. The first-order valence-electron chi connectivity index (χ1n) is 6.78. The summed E-state index contributed by atoms with van der Waals surface area (Å²) in [5, 5.41) is 0. The van der Waals surface area contributed by atoms with E-state index in [1.54, 1.807) is 32.0 Å². The molecule has 0 unspecified atom stereocenters. The molecule has 6 nitrogen and oxygen atoms in total. The molecule has 0 spiro atoms. The lowest BCUT2D eigenvalue weighted by Crippen LogP contribution is -2.20. The van der Waals surface area contributed by atoms with Crippen LogP contribution in [0.25, 0.3) is 0 Å². The Kier molecular flexibility index (Phi) is 6.52. The van der Waals surface area contributed by atoms with Crippen LogP contribution in [0, 0.1) is 0 Å². The quantitative estimate of drug-likeness (QED) is 0.733. The Morgan fingerprint density at radius 1 is 1.19 bits per heavy atom. The first-order valence-corrected chi connectivity index (χ1v) is 6.78. The van der Waals surface area contributed by atoms with Crippen molar-refractivity contribution in [3.63, 3.8) is 0 Å². The molecule has 0 aliphatic carbocycles. The number of amides is 1. The molecule has 1 aromatic carbocycles. The number of carbonyl (C=O) groups is 2. The fourth-order valence-electron chi connectivity index (χ4n) is 1.67. The Hall–Kier alpha value is -2.24. The average molecular weight is 295 g/mol. The first kappa shape index (κ1) is 16.8. The largest absolute Gasteiger partial charge is 0.490 e. The van der Waals surface area contributed by atoms with E-state index in [4.69, 9.17) is 19.9 Å². The van der Waals surface area contributed by atoms with Gasteiger partial charge in [0, 0.05) is 0 Å². The van der Waals surface area contributed by atoms with Gasteiger partial charge in [-0.2, -0.15) is 0 Å². The van der Waals surface area contributed by atoms with Gasteiger partial charge in [0.25, 0.3) is 5.91 Å². The fourth-order valence-corrected chi connectivity index (χ4v) is 1.67. The van der Waals surface area contributed by atoms with Gasteiger partial charge >= 0.3 is 5.97 Å². The van der Waals surface area contributed by atoms with Gasteiger partial charge < -0.3 is 19.9 Å². The zero-order chi connectivity index (χ0) is 15.8. The molecule has 0 aliphatic heterocycles. The predicted molar refractivity (Wildman–Crippen MR) is 77.2 cm³/mol. The standard InChI is InChI=1S/C15H21NO5/c1-4-19-13-7-11(8-15(18)21-10(2)3)5-6-12(13)20-9-14(16)17/h5-7,10H,4,8-9H2,1-3H3,(H2,16,17). The van der Waals surface area contributed by atoms with Gasteiger partial charge in [-0.1, -0.05) is 6.07 Å². The van der Waals surface area contributed by atoms with E-state index in [2.05, 4.69) is 0 Å². The Balaban J connectivity index is 2.81. The number of hydrogen-bond acceptors (Lipinski definition) is 5. The zero-order valence-corrected chi connectivity index (χ0v) is 12.5. The molecular weight excluding hydrogens is 274 g/mol.